The number of nitrogens with zero attached hydrogens (tertiary/aromatic N) is 2. The van der Waals surface area contributed by atoms with Crippen molar-refractivity contribution in [2.75, 3.05) is 25.3 Å². The molecule has 0 radical (unpaired) electrons. The first-order chi connectivity index (χ1) is 13.2. The number of carbonyl (C=O) groups excluding carboxylic acids is 1. The molecule has 0 spiro atoms. The van der Waals surface area contributed by atoms with Gasteiger partial charge in [0.2, 0.25) is 5.89 Å². The van der Waals surface area contributed by atoms with Crippen molar-refractivity contribution in [1.82, 2.24) is 10.2 Å². The number of benzene rings is 2. The SMILES string of the molecule is CCSc1ccccc1C(=O)Nc1nnc(-c2ccc(OC)c(OC)c2)o1. The lowest BCUT2D eigenvalue weighted by molar-refractivity contribution is 0.102. The van der Waals surface area contributed by atoms with Crippen LogP contribution in [0.1, 0.15) is 17.3 Å². The standard InChI is InChI=1S/C19H19N3O4S/c1-4-27-16-8-6-5-7-13(16)17(23)20-19-22-21-18(26-19)12-9-10-14(24-2)15(11-12)25-3/h5-11H,4H2,1-3H3,(H,20,22,23). The number of anilines is 1. The van der Waals surface area contributed by atoms with E-state index >= 15 is 0 Å². The summed E-state index contributed by atoms with van der Waals surface area (Å²) < 4.78 is 16.1. The summed E-state index contributed by atoms with van der Waals surface area (Å²) in [5, 5.41) is 10.5. The molecule has 0 saturated heterocycles. The van der Waals surface area contributed by atoms with Gasteiger partial charge in [-0.05, 0) is 36.1 Å². The molecule has 3 rings (SSSR count). The number of aromatic nitrogens is 2. The number of amides is 1. The average molecular weight is 385 g/mol. The first-order valence-corrected chi connectivity index (χ1v) is 9.24. The molecule has 1 heterocycles. The Hall–Kier alpha value is -3.00. The van der Waals surface area contributed by atoms with Crippen LogP contribution in [0.25, 0.3) is 11.5 Å². The topological polar surface area (TPSA) is 86.5 Å². The van der Waals surface area contributed by atoms with E-state index < -0.39 is 0 Å². The summed E-state index contributed by atoms with van der Waals surface area (Å²) in [5.41, 5.74) is 1.22. The molecule has 0 fully saturated rings. The van der Waals surface area contributed by atoms with Gasteiger partial charge in [-0.15, -0.1) is 16.9 Å². The van der Waals surface area contributed by atoms with E-state index in [9.17, 15) is 4.79 Å². The van der Waals surface area contributed by atoms with Crippen molar-refractivity contribution in [2.45, 2.75) is 11.8 Å². The number of carbonyl (C=O) groups is 1. The molecule has 7 nitrogen and oxygen atoms in total. The minimum Gasteiger partial charge on any atom is -0.493 e. The zero-order valence-electron chi connectivity index (χ0n) is 15.2. The van der Waals surface area contributed by atoms with Gasteiger partial charge in [0, 0.05) is 10.5 Å². The molecule has 3 aromatic rings. The molecule has 2 aromatic carbocycles. The molecular formula is C19H19N3O4S. The Morgan fingerprint density at radius 2 is 1.89 bits per heavy atom. The fourth-order valence-electron chi connectivity index (χ4n) is 2.46. The molecule has 0 aliphatic carbocycles. The third kappa shape index (κ3) is 4.22. The molecule has 0 unspecified atom stereocenters. The largest absolute Gasteiger partial charge is 0.493 e. The summed E-state index contributed by atoms with van der Waals surface area (Å²) in [5.74, 6) is 1.98. The zero-order chi connectivity index (χ0) is 19.2. The van der Waals surface area contributed by atoms with Gasteiger partial charge in [-0.3, -0.25) is 10.1 Å². The van der Waals surface area contributed by atoms with E-state index in [4.69, 9.17) is 13.9 Å². The summed E-state index contributed by atoms with van der Waals surface area (Å²) in [6, 6.07) is 12.7. The number of hydrogen-bond acceptors (Lipinski definition) is 7. The van der Waals surface area contributed by atoms with Crippen LogP contribution in [0.5, 0.6) is 11.5 Å². The Kier molecular flexibility index (Phi) is 5.97. The van der Waals surface area contributed by atoms with Crippen LogP contribution >= 0.6 is 11.8 Å². The van der Waals surface area contributed by atoms with Crippen LogP contribution in [0.2, 0.25) is 0 Å². The van der Waals surface area contributed by atoms with E-state index in [0.29, 0.717) is 22.6 Å². The van der Waals surface area contributed by atoms with Crippen LogP contribution in [-0.4, -0.2) is 36.1 Å². The van der Waals surface area contributed by atoms with Gasteiger partial charge in [-0.2, -0.15) is 0 Å². The fourth-order valence-corrected chi connectivity index (χ4v) is 3.26. The maximum Gasteiger partial charge on any atom is 0.322 e. The number of ether oxygens (including phenoxy) is 2. The lowest BCUT2D eigenvalue weighted by Crippen LogP contribution is -2.13. The third-order valence-electron chi connectivity index (χ3n) is 3.71. The summed E-state index contributed by atoms with van der Waals surface area (Å²) in [7, 11) is 3.11. The fraction of sp³-hybridized carbons (Fsp3) is 0.211. The molecular weight excluding hydrogens is 366 g/mol. The summed E-state index contributed by atoms with van der Waals surface area (Å²) in [6.45, 7) is 2.03. The summed E-state index contributed by atoms with van der Waals surface area (Å²) in [6.07, 6.45) is 0. The molecule has 0 bridgehead atoms. The summed E-state index contributed by atoms with van der Waals surface area (Å²) >= 11 is 1.60. The van der Waals surface area contributed by atoms with E-state index in [2.05, 4.69) is 15.5 Å². The monoisotopic (exact) mass is 385 g/mol. The molecule has 0 atom stereocenters. The van der Waals surface area contributed by atoms with Crippen molar-refractivity contribution in [3.63, 3.8) is 0 Å². The second-order valence-corrected chi connectivity index (χ2v) is 6.67. The van der Waals surface area contributed by atoms with Crippen LogP contribution in [0.3, 0.4) is 0 Å². The van der Waals surface area contributed by atoms with Gasteiger partial charge in [0.15, 0.2) is 11.5 Å². The highest BCUT2D eigenvalue weighted by Gasteiger charge is 2.16. The minimum absolute atomic E-state index is 0.0288. The van der Waals surface area contributed by atoms with Gasteiger partial charge in [-0.25, -0.2) is 0 Å². The van der Waals surface area contributed by atoms with Crippen LogP contribution in [0, 0.1) is 0 Å². The predicted octanol–water partition coefficient (Wildman–Crippen LogP) is 4.12. The number of methoxy groups -OCH3 is 2. The first kappa shape index (κ1) is 18.8. The highest BCUT2D eigenvalue weighted by Crippen LogP contribution is 2.32. The van der Waals surface area contributed by atoms with Gasteiger partial charge in [0.1, 0.15) is 0 Å². The van der Waals surface area contributed by atoms with Crippen LogP contribution in [0.4, 0.5) is 6.01 Å². The van der Waals surface area contributed by atoms with Gasteiger partial charge in [0.05, 0.1) is 19.8 Å². The molecule has 0 aliphatic rings. The van der Waals surface area contributed by atoms with Crippen molar-refractivity contribution in [2.24, 2.45) is 0 Å². The minimum atomic E-state index is -0.297. The number of thioether (sulfide) groups is 1. The molecule has 8 heteroatoms. The molecule has 140 valence electrons. The molecule has 0 saturated carbocycles. The Balaban J connectivity index is 1.80. The van der Waals surface area contributed by atoms with Crippen LogP contribution in [-0.2, 0) is 0 Å². The van der Waals surface area contributed by atoms with E-state index in [1.165, 1.54) is 0 Å². The van der Waals surface area contributed by atoms with E-state index in [0.717, 1.165) is 10.6 Å². The Morgan fingerprint density at radius 3 is 2.63 bits per heavy atom. The van der Waals surface area contributed by atoms with E-state index in [1.54, 1.807) is 50.2 Å². The van der Waals surface area contributed by atoms with Gasteiger partial charge in [-0.1, -0.05) is 24.2 Å². The lowest BCUT2D eigenvalue weighted by atomic mass is 10.2. The summed E-state index contributed by atoms with van der Waals surface area (Å²) in [4.78, 5) is 13.5. The van der Waals surface area contributed by atoms with Gasteiger partial charge in [0.25, 0.3) is 5.91 Å². The Bertz CT molecular complexity index is 942. The smallest absolute Gasteiger partial charge is 0.322 e. The van der Waals surface area contributed by atoms with E-state index in [-0.39, 0.29) is 17.8 Å². The second-order valence-electron chi connectivity index (χ2n) is 5.37. The second kappa shape index (κ2) is 8.59. The molecule has 0 aliphatic heterocycles. The van der Waals surface area contributed by atoms with Gasteiger partial charge >= 0.3 is 6.01 Å². The first-order valence-electron chi connectivity index (χ1n) is 8.25. The van der Waals surface area contributed by atoms with Gasteiger partial charge < -0.3 is 13.9 Å². The molecule has 27 heavy (non-hydrogen) atoms. The third-order valence-corrected chi connectivity index (χ3v) is 4.66. The normalized spacial score (nSPS) is 10.5. The molecule has 1 N–H and O–H groups in total. The number of hydrogen-bond donors (Lipinski definition) is 1. The average Bonchev–Trinajstić information content (AvgIpc) is 3.16. The number of nitrogens with one attached hydrogen (secondary N) is 1. The maximum atomic E-state index is 12.6. The van der Waals surface area contributed by atoms with Crippen molar-refractivity contribution in [3.8, 4) is 23.0 Å². The van der Waals surface area contributed by atoms with Crippen LogP contribution < -0.4 is 14.8 Å². The van der Waals surface area contributed by atoms with Crippen molar-refractivity contribution >= 4 is 23.7 Å². The predicted molar refractivity (Wildman–Crippen MR) is 104 cm³/mol. The molecule has 1 aromatic heterocycles. The highest BCUT2D eigenvalue weighted by molar-refractivity contribution is 7.99. The lowest BCUT2D eigenvalue weighted by Gasteiger charge is -2.07. The number of rotatable bonds is 7. The van der Waals surface area contributed by atoms with Crippen LogP contribution in [0.15, 0.2) is 51.8 Å². The highest BCUT2D eigenvalue weighted by atomic mass is 32.2. The Labute approximate surface area is 161 Å². The quantitative estimate of drug-likeness (QED) is 0.612. The van der Waals surface area contributed by atoms with E-state index in [1.807, 2.05) is 25.1 Å². The molecule has 1 amide bonds. The van der Waals surface area contributed by atoms with Crippen molar-refractivity contribution in [1.29, 1.82) is 0 Å². The zero-order valence-corrected chi connectivity index (χ0v) is 16.0. The maximum absolute atomic E-state index is 12.6. The Morgan fingerprint density at radius 1 is 1.11 bits per heavy atom. The van der Waals surface area contributed by atoms with Crippen molar-refractivity contribution in [3.05, 3.63) is 48.0 Å². The van der Waals surface area contributed by atoms with Crippen molar-refractivity contribution < 1.29 is 18.7 Å².